The molecule has 2 N–H and O–H groups in total. The number of nitrogen functional groups attached to an aromatic ring is 1. The molecule has 0 amide bonds. The van der Waals surface area contributed by atoms with Crippen molar-refractivity contribution in [2.75, 3.05) is 12.3 Å². The van der Waals surface area contributed by atoms with Crippen LogP contribution in [0, 0.1) is 11.7 Å². The van der Waals surface area contributed by atoms with Crippen LogP contribution in [0.25, 0.3) is 11.3 Å². The standard InChI is InChI=1S/C14H15FN2O2/c15-10-4-5-12(18-8-9-2-1-3-9)11(6-10)13-7-14(16)17-19-13/h4-7,9H,1-3,8H2,(H2,16,17). The minimum absolute atomic E-state index is 0.268. The molecule has 1 aliphatic rings. The SMILES string of the molecule is Nc1cc(-c2cc(F)ccc2OCC2CCC2)on1. The van der Waals surface area contributed by atoms with Gasteiger partial charge in [-0.3, -0.25) is 0 Å². The topological polar surface area (TPSA) is 61.3 Å². The number of ether oxygens (including phenoxy) is 1. The molecule has 3 rings (SSSR count). The maximum Gasteiger partial charge on any atom is 0.172 e. The third kappa shape index (κ3) is 2.54. The highest BCUT2D eigenvalue weighted by atomic mass is 19.1. The summed E-state index contributed by atoms with van der Waals surface area (Å²) in [4.78, 5) is 0. The Hall–Kier alpha value is -2.04. The molecule has 2 aromatic rings. The fourth-order valence-corrected chi connectivity index (χ4v) is 2.10. The molecule has 0 radical (unpaired) electrons. The molecule has 0 atom stereocenters. The van der Waals surface area contributed by atoms with Crippen LogP contribution in [0.1, 0.15) is 19.3 Å². The van der Waals surface area contributed by atoms with Gasteiger partial charge in [0.2, 0.25) is 0 Å². The maximum absolute atomic E-state index is 13.4. The Morgan fingerprint density at radius 1 is 1.37 bits per heavy atom. The number of hydrogen-bond acceptors (Lipinski definition) is 4. The van der Waals surface area contributed by atoms with Gasteiger partial charge in [-0.25, -0.2) is 4.39 Å². The average Bonchev–Trinajstić information content (AvgIpc) is 2.75. The smallest absolute Gasteiger partial charge is 0.172 e. The van der Waals surface area contributed by atoms with Crippen molar-refractivity contribution in [1.82, 2.24) is 5.16 Å². The fraction of sp³-hybridized carbons (Fsp3) is 0.357. The van der Waals surface area contributed by atoms with Crippen molar-refractivity contribution in [1.29, 1.82) is 0 Å². The fourth-order valence-electron chi connectivity index (χ4n) is 2.10. The van der Waals surface area contributed by atoms with Gasteiger partial charge in [-0.05, 0) is 37.0 Å². The normalized spacial score (nSPS) is 15.2. The summed E-state index contributed by atoms with van der Waals surface area (Å²) in [5.74, 6) is 1.55. The number of rotatable bonds is 4. The number of halogens is 1. The molecule has 1 heterocycles. The molecule has 1 aliphatic carbocycles. The Balaban J connectivity index is 1.85. The summed E-state index contributed by atoms with van der Waals surface area (Å²) in [7, 11) is 0. The van der Waals surface area contributed by atoms with Gasteiger partial charge in [0, 0.05) is 6.07 Å². The number of benzene rings is 1. The van der Waals surface area contributed by atoms with E-state index in [1.54, 1.807) is 12.1 Å². The largest absolute Gasteiger partial charge is 0.493 e. The van der Waals surface area contributed by atoms with E-state index in [1.807, 2.05) is 0 Å². The van der Waals surface area contributed by atoms with Crippen LogP contribution in [-0.2, 0) is 0 Å². The zero-order valence-corrected chi connectivity index (χ0v) is 10.4. The lowest BCUT2D eigenvalue weighted by Gasteiger charge is -2.25. The summed E-state index contributed by atoms with van der Waals surface area (Å²) in [6.07, 6.45) is 3.67. The summed E-state index contributed by atoms with van der Waals surface area (Å²) in [6.45, 7) is 0.655. The molecule has 100 valence electrons. The molecule has 5 heteroatoms. The van der Waals surface area contributed by atoms with E-state index in [9.17, 15) is 4.39 Å². The van der Waals surface area contributed by atoms with Crippen molar-refractivity contribution in [3.05, 3.63) is 30.1 Å². The third-order valence-corrected chi connectivity index (χ3v) is 3.43. The van der Waals surface area contributed by atoms with Gasteiger partial charge in [-0.15, -0.1) is 0 Å². The zero-order chi connectivity index (χ0) is 13.2. The first-order valence-electron chi connectivity index (χ1n) is 6.37. The Morgan fingerprint density at radius 2 is 2.21 bits per heavy atom. The van der Waals surface area contributed by atoms with E-state index < -0.39 is 0 Å². The predicted molar refractivity (Wildman–Crippen MR) is 69.1 cm³/mol. The first-order valence-corrected chi connectivity index (χ1v) is 6.37. The summed E-state index contributed by atoms with van der Waals surface area (Å²) in [5.41, 5.74) is 6.06. The van der Waals surface area contributed by atoms with Crippen molar-refractivity contribution >= 4 is 5.82 Å². The Morgan fingerprint density at radius 3 is 2.84 bits per heavy atom. The predicted octanol–water partition coefficient (Wildman–Crippen LogP) is 3.24. The average molecular weight is 262 g/mol. The van der Waals surface area contributed by atoms with E-state index in [1.165, 1.54) is 31.4 Å². The summed E-state index contributed by atoms with van der Waals surface area (Å²) < 4.78 is 24.2. The summed E-state index contributed by atoms with van der Waals surface area (Å²) in [5, 5.41) is 3.61. The van der Waals surface area contributed by atoms with Crippen LogP contribution in [0.15, 0.2) is 28.8 Å². The highest BCUT2D eigenvalue weighted by Crippen LogP contribution is 2.33. The monoisotopic (exact) mass is 262 g/mol. The molecule has 0 aliphatic heterocycles. The number of anilines is 1. The minimum Gasteiger partial charge on any atom is -0.493 e. The van der Waals surface area contributed by atoms with Crippen LogP contribution in [0.3, 0.4) is 0 Å². The Labute approximate surface area is 110 Å². The molecule has 19 heavy (non-hydrogen) atoms. The van der Waals surface area contributed by atoms with Crippen LogP contribution < -0.4 is 10.5 Å². The molecule has 1 aromatic carbocycles. The molecule has 1 aromatic heterocycles. The van der Waals surface area contributed by atoms with E-state index in [-0.39, 0.29) is 11.6 Å². The molecular formula is C14H15FN2O2. The highest BCUT2D eigenvalue weighted by Gasteiger charge is 2.19. The van der Waals surface area contributed by atoms with E-state index in [4.69, 9.17) is 15.0 Å². The second-order valence-electron chi connectivity index (χ2n) is 4.86. The van der Waals surface area contributed by atoms with E-state index in [2.05, 4.69) is 5.16 Å². The molecule has 1 saturated carbocycles. The highest BCUT2D eigenvalue weighted by molar-refractivity contribution is 5.67. The summed E-state index contributed by atoms with van der Waals surface area (Å²) in [6, 6.07) is 5.92. The number of nitrogens with two attached hydrogens (primary N) is 1. The van der Waals surface area contributed by atoms with Gasteiger partial charge >= 0.3 is 0 Å². The minimum atomic E-state index is -0.346. The van der Waals surface area contributed by atoms with Gasteiger partial charge in [-0.2, -0.15) is 0 Å². The first kappa shape index (κ1) is 12.0. The van der Waals surface area contributed by atoms with Crippen molar-refractivity contribution < 1.29 is 13.7 Å². The molecule has 0 spiro atoms. The van der Waals surface area contributed by atoms with E-state index in [0.717, 1.165) is 0 Å². The van der Waals surface area contributed by atoms with Gasteiger partial charge in [0.15, 0.2) is 11.6 Å². The van der Waals surface area contributed by atoms with E-state index >= 15 is 0 Å². The second kappa shape index (κ2) is 4.91. The molecular weight excluding hydrogens is 247 g/mol. The summed E-state index contributed by atoms with van der Waals surface area (Å²) >= 11 is 0. The molecule has 0 unspecified atom stereocenters. The number of hydrogen-bond donors (Lipinski definition) is 1. The van der Waals surface area contributed by atoms with Crippen molar-refractivity contribution in [3.63, 3.8) is 0 Å². The van der Waals surface area contributed by atoms with Crippen LogP contribution in [-0.4, -0.2) is 11.8 Å². The molecule has 0 bridgehead atoms. The van der Waals surface area contributed by atoms with Crippen molar-refractivity contribution in [3.8, 4) is 17.1 Å². The van der Waals surface area contributed by atoms with Crippen LogP contribution in [0.5, 0.6) is 5.75 Å². The number of aromatic nitrogens is 1. The Bertz CT molecular complexity index is 579. The lowest BCUT2D eigenvalue weighted by Crippen LogP contribution is -2.19. The van der Waals surface area contributed by atoms with Crippen LogP contribution in [0.4, 0.5) is 10.2 Å². The van der Waals surface area contributed by atoms with Crippen LogP contribution >= 0.6 is 0 Å². The van der Waals surface area contributed by atoms with Crippen molar-refractivity contribution in [2.45, 2.75) is 19.3 Å². The second-order valence-corrected chi connectivity index (χ2v) is 4.86. The maximum atomic E-state index is 13.4. The van der Waals surface area contributed by atoms with Crippen LogP contribution in [0.2, 0.25) is 0 Å². The van der Waals surface area contributed by atoms with Gasteiger partial charge in [0.25, 0.3) is 0 Å². The van der Waals surface area contributed by atoms with Gasteiger partial charge in [-0.1, -0.05) is 11.6 Å². The molecule has 4 nitrogen and oxygen atoms in total. The van der Waals surface area contributed by atoms with E-state index in [0.29, 0.717) is 29.6 Å². The lowest BCUT2D eigenvalue weighted by molar-refractivity contribution is 0.181. The molecule has 1 fully saturated rings. The zero-order valence-electron chi connectivity index (χ0n) is 10.4. The van der Waals surface area contributed by atoms with Gasteiger partial charge < -0.3 is 15.0 Å². The number of nitrogens with zero attached hydrogens (tertiary/aromatic N) is 1. The third-order valence-electron chi connectivity index (χ3n) is 3.43. The van der Waals surface area contributed by atoms with Crippen molar-refractivity contribution in [2.24, 2.45) is 5.92 Å². The lowest BCUT2D eigenvalue weighted by atomic mass is 9.86. The first-order chi connectivity index (χ1) is 9.22. The van der Waals surface area contributed by atoms with Gasteiger partial charge in [0.05, 0.1) is 12.2 Å². The van der Waals surface area contributed by atoms with Gasteiger partial charge in [0.1, 0.15) is 11.6 Å². The molecule has 0 saturated heterocycles. The quantitative estimate of drug-likeness (QED) is 0.918. The Kier molecular flexibility index (Phi) is 3.11.